The summed E-state index contributed by atoms with van der Waals surface area (Å²) >= 11 is 2.23. The Hall–Kier alpha value is -6.98. The lowest BCUT2D eigenvalue weighted by atomic mass is 10.1. The molecule has 0 spiro atoms. The minimum Gasteiger partial charge on any atom is -0.505 e. The van der Waals surface area contributed by atoms with Crippen molar-refractivity contribution in [3.05, 3.63) is 71.4 Å². The van der Waals surface area contributed by atoms with Gasteiger partial charge in [0.15, 0.2) is 21.5 Å². The van der Waals surface area contributed by atoms with E-state index < -0.39 is 71.5 Å². The number of carboxylic acid groups (broad SMARTS) is 2. The Morgan fingerprint density at radius 1 is 0.844 bits per heavy atom. The minimum atomic E-state index is -5.11. The maximum Gasteiger partial charge on any atom is 0.339 e. The van der Waals surface area contributed by atoms with Gasteiger partial charge in [0.25, 0.3) is 25.4 Å². The number of hydrogen-bond donors (Lipinski definition) is 7. The van der Waals surface area contributed by atoms with Gasteiger partial charge < -0.3 is 30.3 Å². The van der Waals surface area contributed by atoms with Crippen LogP contribution in [0.2, 0.25) is 0 Å². The number of aromatic hydroxyl groups is 3. The van der Waals surface area contributed by atoms with E-state index >= 15 is 0 Å². The first-order chi connectivity index (χ1) is 30.2. The van der Waals surface area contributed by atoms with Crippen molar-refractivity contribution < 1.29 is 65.8 Å². The number of aromatic nitrogens is 4. The van der Waals surface area contributed by atoms with E-state index in [1.54, 1.807) is 6.92 Å². The van der Waals surface area contributed by atoms with Crippen LogP contribution in [0, 0.1) is 13.8 Å². The van der Waals surface area contributed by atoms with Gasteiger partial charge in [-0.25, -0.2) is 4.79 Å². The third-order valence-electron chi connectivity index (χ3n) is 8.58. The van der Waals surface area contributed by atoms with Crippen LogP contribution in [0.15, 0.2) is 94.5 Å². The summed E-state index contributed by atoms with van der Waals surface area (Å²) in [4.78, 5) is 21.4. The second kappa shape index (κ2) is 19.2. The molecule has 7 N–H and O–H groups in total. The van der Waals surface area contributed by atoms with E-state index in [2.05, 4.69) is 46.0 Å². The van der Waals surface area contributed by atoms with E-state index in [9.17, 15) is 51.4 Å². The highest BCUT2D eigenvalue weighted by Crippen LogP contribution is 2.44. The molecule has 2 heterocycles. The van der Waals surface area contributed by atoms with Gasteiger partial charge in [-0.15, -0.1) is 35.8 Å². The number of azo groups is 3. The van der Waals surface area contributed by atoms with Crippen LogP contribution in [-0.4, -0.2) is 102 Å². The quantitative estimate of drug-likeness (QED) is 0.0185. The van der Waals surface area contributed by atoms with Gasteiger partial charge in [-0.05, 0) is 73.7 Å². The average molecular weight is 957 g/mol. The molecule has 0 fully saturated rings. The number of para-hydroxylation sites is 1. The van der Waals surface area contributed by atoms with Gasteiger partial charge in [0.1, 0.15) is 33.3 Å². The first-order valence-corrected chi connectivity index (χ1v) is 22.8. The molecule has 64 heavy (non-hydrogen) atoms. The molecule has 334 valence electrons. The first kappa shape index (κ1) is 46.5. The number of carbonyl (C=O) groups is 2. The average Bonchev–Trinajstić information content (AvgIpc) is 3.79. The van der Waals surface area contributed by atoms with E-state index in [0.717, 1.165) is 28.2 Å². The highest BCUT2D eigenvalue weighted by Gasteiger charge is 2.24. The lowest BCUT2D eigenvalue weighted by molar-refractivity contribution is -0.136. The molecule has 28 heteroatoms. The molecule has 6 aromatic rings. The van der Waals surface area contributed by atoms with Crippen molar-refractivity contribution in [1.29, 1.82) is 0 Å². The van der Waals surface area contributed by atoms with Crippen molar-refractivity contribution in [3.8, 4) is 28.8 Å². The summed E-state index contributed by atoms with van der Waals surface area (Å²) < 4.78 is 74.4. The predicted octanol–water partition coefficient (Wildman–Crippen LogP) is 8.03. The summed E-state index contributed by atoms with van der Waals surface area (Å²) in [6, 6.07) is 11.6. The van der Waals surface area contributed by atoms with Gasteiger partial charge in [0, 0.05) is 17.2 Å². The van der Waals surface area contributed by atoms with Crippen LogP contribution >= 0.6 is 23.1 Å². The zero-order chi connectivity index (χ0) is 46.5. The van der Waals surface area contributed by atoms with Crippen LogP contribution in [0.4, 0.5) is 33.6 Å². The standard InChI is InChI=1S/C36H32N10O14S4/c1-17-13-24(26(60-10-4-12-63(54,55)56)16-23(17)38-42-35-43-44-36(62-35)61-11-9-28(47)48)39-41-30-27(64(57,58)59)15-19-14-20(7-8-21(19)32(30)50)37-40-29-18(2)45-46(33(29)51)25-6-3-5-22(31(25)49)34(52)53/h3,5-8,13-16,49-51H,4,9-12H2,1-2H3,(H,47,48)(H,52,53)(H,54,55,56)(H,57,58,59). The van der Waals surface area contributed by atoms with Gasteiger partial charge in [0.05, 0.1) is 35.8 Å². The topological polar surface area (TPSA) is 371 Å². The smallest absolute Gasteiger partial charge is 0.339 e. The summed E-state index contributed by atoms with van der Waals surface area (Å²) in [6.07, 6.45) is -0.246. The molecule has 0 unspecified atom stereocenters. The molecular weight excluding hydrogens is 925 g/mol. The zero-order valence-electron chi connectivity index (χ0n) is 32.8. The zero-order valence-corrected chi connectivity index (χ0v) is 36.1. The van der Waals surface area contributed by atoms with Gasteiger partial charge in [-0.3, -0.25) is 13.9 Å². The van der Waals surface area contributed by atoms with Crippen molar-refractivity contribution in [2.45, 2.75) is 35.9 Å². The lowest BCUT2D eigenvalue weighted by Crippen LogP contribution is -2.08. The fourth-order valence-corrected chi connectivity index (χ4v) is 8.38. The second-order valence-corrected chi connectivity index (χ2v) is 18.4. The molecule has 0 radical (unpaired) electrons. The van der Waals surface area contributed by atoms with Crippen LogP contribution in [-0.2, 0) is 25.0 Å². The molecule has 0 amide bonds. The summed E-state index contributed by atoms with van der Waals surface area (Å²) in [6.45, 7) is 2.80. The van der Waals surface area contributed by atoms with Crippen LogP contribution in [0.1, 0.15) is 34.5 Å². The Balaban J connectivity index is 1.32. The summed E-state index contributed by atoms with van der Waals surface area (Å²) in [5.74, 6) is -4.82. The van der Waals surface area contributed by atoms with E-state index in [1.807, 2.05) is 0 Å². The first-order valence-electron chi connectivity index (χ1n) is 18.0. The Bertz CT molecular complexity index is 3130. The Morgan fingerprint density at radius 3 is 2.28 bits per heavy atom. The van der Waals surface area contributed by atoms with Crippen molar-refractivity contribution in [2.24, 2.45) is 30.7 Å². The second-order valence-electron chi connectivity index (χ2n) is 13.1. The van der Waals surface area contributed by atoms with Gasteiger partial charge in [-0.1, -0.05) is 29.2 Å². The number of thioether (sulfide) groups is 1. The van der Waals surface area contributed by atoms with Gasteiger partial charge >= 0.3 is 11.9 Å². The van der Waals surface area contributed by atoms with Crippen molar-refractivity contribution >= 4 is 99.6 Å². The lowest BCUT2D eigenvalue weighted by Gasteiger charge is -2.12. The molecule has 2 aromatic heterocycles. The number of phenols is 2. The highest BCUT2D eigenvalue weighted by molar-refractivity contribution is 8.01. The van der Waals surface area contributed by atoms with Crippen molar-refractivity contribution in [3.63, 3.8) is 0 Å². The van der Waals surface area contributed by atoms with E-state index in [-0.39, 0.29) is 81.0 Å². The maximum absolute atomic E-state index is 12.7. The van der Waals surface area contributed by atoms with Crippen molar-refractivity contribution in [2.75, 3.05) is 18.1 Å². The molecule has 0 saturated carbocycles. The summed E-state index contributed by atoms with van der Waals surface area (Å²) in [5.41, 5.74) is -0.693. The molecule has 4 aromatic carbocycles. The van der Waals surface area contributed by atoms with E-state index in [1.165, 1.54) is 61.2 Å². The Morgan fingerprint density at radius 2 is 1.58 bits per heavy atom. The molecule has 0 aliphatic carbocycles. The van der Waals surface area contributed by atoms with Crippen molar-refractivity contribution in [1.82, 2.24) is 20.0 Å². The number of aromatic carboxylic acids is 1. The number of aliphatic carboxylic acids is 1. The summed E-state index contributed by atoms with van der Waals surface area (Å²) in [5, 5.41) is 87.6. The molecule has 0 atom stereocenters. The van der Waals surface area contributed by atoms with E-state index in [4.69, 9.17) is 14.4 Å². The predicted molar refractivity (Wildman–Crippen MR) is 227 cm³/mol. The monoisotopic (exact) mass is 956 g/mol. The van der Waals surface area contributed by atoms with E-state index in [0.29, 0.717) is 9.90 Å². The fraction of sp³-hybridized carbons (Fsp3) is 0.194. The minimum absolute atomic E-state index is 0.0229. The van der Waals surface area contributed by atoms with Crippen LogP contribution in [0.3, 0.4) is 0 Å². The molecule has 0 aliphatic rings. The molecule has 6 rings (SSSR count). The Labute approximate surface area is 368 Å². The largest absolute Gasteiger partial charge is 0.505 e. The molecule has 0 bridgehead atoms. The fourth-order valence-electron chi connectivity index (χ4n) is 5.58. The normalized spacial score (nSPS) is 12.3. The number of phenolic OH excluding ortho intramolecular Hbond substituents is 1. The number of carboxylic acids is 2. The van der Waals surface area contributed by atoms with Crippen LogP contribution in [0.25, 0.3) is 16.5 Å². The molecular formula is C36H32N10O14S4. The number of benzene rings is 4. The maximum atomic E-state index is 12.7. The molecule has 0 aliphatic heterocycles. The third-order valence-corrected chi connectivity index (χ3v) is 12.2. The van der Waals surface area contributed by atoms with Gasteiger partial charge in [-0.2, -0.15) is 31.7 Å². The number of rotatable bonds is 18. The Kier molecular flexibility index (Phi) is 13.9. The summed E-state index contributed by atoms with van der Waals surface area (Å²) in [7, 11) is -9.44. The number of ether oxygens (including phenoxy) is 1. The van der Waals surface area contributed by atoms with Crippen LogP contribution < -0.4 is 4.74 Å². The molecule has 24 nitrogen and oxygen atoms in total. The number of hydrogen-bond acceptors (Lipinski definition) is 21. The highest BCUT2D eigenvalue weighted by atomic mass is 32.2. The SMILES string of the molecule is Cc1cc(N=Nc2c(S(=O)(=O)O)cc3cc(N=Nc4c(C)nn(-c5cccc(C(=O)O)c5O)c4O)ccc3c2O)c(OCCCS(=O)(=O)O)cc1N=Nc1nnc(SCCC(=O)O)s1. The molecule has 0 saturated heterocycles. The third kappa shape index (κ3) is 11.1. The van der Waals surface area contributed by atoms with Crippen LogP contribution in [0.5, 0.6) is 23.1 Å². The number of fused-ring (bicyclic) bond motifs is 1. The number of nitrogens with zero attached hydrogens (tertiary/aromatic N) is 10. The number of aryl methyl sites for hydroxylation is 2. The van der Waals surface area contributed by atoms with Gasteiger partial charge in [0.2, 0.25) is 5.88 Å².